The van der Waals surface area contributed by atoms with Gasteiger partial charge < -0.3 is 4.57 Å². The Bertz CT molecular complexity index is 1290. The van der Waals surface area contributed by atoms with Gasteiger partial charge in [-0.25, -0.2) is 4.98 Å². The lowest BCUT2D eigenvalue weighted by Crippen LogP contribution is -2.21. The van der Waals surface area contributed by atoms with Crippen LogP contribution in [0.25, 0.3) is 11.0 Å². The Kier molecular flexibility index (Phi) is 5.03. The molecule has 0 aliphatic carbocycles. The van der Waals surface area contributed by atoms with Crippen LogP contribution in [0.3, 0.4) is 0 Å². The summed E-state index contributed by atoms with van der Waals surface area (Å²) in [5.74, 6) is -0.294. The number of carbonyl (C=O) groups excluding carboxylic acids is 1. The number of aryl methyl sites for hydroxylation is 2. The third-order valence-electron chi connectivity index (χ3n) is 4.86. The van der Waals surface area contributed by atoms with E-state index in [4.69, 9.17) is 11.6 Å². The Morgan fingerprint density at radius 3 is 2.52 bits per heavy atom. The normalized spacial score (nSPS) is 11.0. The molecule has 0 unspecified atom stereocenters. The number of ketones is 1. The molecule has 5 heteroatoms. The summed E-state index contributed by atoms with van der Waals surface area (Å²) in [5.41, 5.74) is 3.68. The molecule has 4 aromatic rings. The molecule has 144 valence electrons. The van der Waals surface area contributed by atoms with Crippen molar-refractivity contribution < 1.29 is 4.79 Å². The molecule has 2 heterocycles. The zero-order valence-corrected chi connectivity index (χ0v) is 16.9. The summed E-state index contributed by atoms with van der Waals surface area (Å²) in [6.45, 7) is 4.28. The average molecular weight is 403 g/mol. The number of rotatable bonds is 4. The molecule has 2 aromatic carbocycles. The van der Waals surface area contributed by atoms with E-state index in [1.165, 1.54) is 0 Å². The lowest BCUT2D eigenvalue weighted by Gasteiger charge is -2.13. The lowest BCUT2D eigenvalue weighted by molar-refractivity contribution is 0.103. The average Bonchev–Trinajstić information content (AvgIpc) is 2.70. The fraction of sp³-hybridized carbons (Fsp3) is 0.125. The van der Waals surface area contributed by atoms with Gasteiger partial charge in [0.15, 0.2) is 5.78 Å². The first kappa shape index (κ1) is 19.1. The third kappa shape index (κ3) is 3.84. The maximum Gasteiger partial charge on any atom is 0.202 e. The van der Waals surface area contributed by atoms with Crippen molar-refractivity contribution in [2.24, 2.45) is 0 Å². The standard InChI is InChI=1S/C24H19ClN2O2/c1-15-6-9-18(10-7-15)22(28)21-14-27(13-17-4-3-5-19(25)12-17)24-20(23(21)29)11-8-16(2)26-24/h3-12,14H,13H2,1-2H3. The Morgan fingerprint density at radius 1 is 1.03 bits per heavy atom. The second-order valence-electron chi connectivity index (χ2n) is 7.15. The van der Waals surface area contributed by atoms with Gasteiger partial charge in [0, 0.05) is 29.0 Å². The third-order valence-corrected chi connectivity index (χ3v) is 5.10. The minimum absolute atomic E-state index is 0.133. The Hall–Kier alpha value is -3.24. The van der Waals surface area contributed by atoms with Crippen LogP contribution in [0.4, 0.5) is 0 Å². The van der Waals surface area contributed by atoms with E-state index in [9.17, 15) is 9.59 Å². The Morgan fingerprint density at radius 2 is 1.79 bits per heavy atom. The van der Waals surface area contributed by atoms with E-state index in [1.807, 2.05) is 54.8 Å². The van der Waals surface area contributed by atoms with E-state index < -0.39 is 0 Å². The molecular weight excluding hydrogens is 384 g/mol. The predicted octanol–water partition coefficient (Wildman–Crippen LogP) is 4.95. The number of aromatic nitrogens is 2. The predicted molar refractivity (Wildman–Crippen MR) is 116 cm³/mol. The van der Waals surface area contributed by atoms with Gasteiger partial charge >= 0.3 is 0 Å². The van der Waals surface area contributed by atoms with Crippen LogP contribution in [-0.2, 0) is 6.54 Å². The lowest BCUT2D eigenvalue weighted by atomic mass is 10.0. The second kappa shape index (κ2) is 7.64. The van der Waals surface area contributed by atoms with Gasteiger partial charge in [-0.05, 0) is 43.7 Å². The number of nitrogens with zero attached hydrogens (tertiary/aromatic N) is 2. The molecule has 0 N–H and O–H groups in total. The minimum atomic E-state index is -0.305. The van der Waals surface area contributed by atoms with Gasteiger partial charge in [-0.2, -0.15) is 0 Å². The van der Waals surface area contributed by atoms with Crippen LogP contribution >= 0.6 is 11.6 Å². The van der Waals surface area contributed by atoms with Crippen LogP contribution in [-0.4, -0.2) is 15.3 Å². The minimum Gasteiger partial charge on any atom is -0.327 e. The molecule has 0 atom stereocenters. The number of benzene rings is 2. The first-order chi connectivity index (χ1) is 13.9. The monoisotopic (exact) mass is 402 g/mol. The van der Waals surface area contributed by atoms with E-state index in [-0.39, 0.29) is 16.8 Å². The molecule has 0 amide bonds. The SMILES string of the molecule is Cc1ccc(C(=O)c2cn(Cc3cccc(Cl)c3)c3nc(C)ccc3c2=O)cc1. The maximum atomic E-state index is 13.1. The molecule has 2 aromatic heterocycles. The van der Waals surface area contributed by atoms with E-state index >= 15 is 0 Å². The van der Waals surface area contributed by atoms with Gasteiger partial charge in [-0.15, -0.1) is 0 Å². The first-order valence-corrected chi connectivity index (χ1v) is 9.67. The summed E-state index contributed by atoms with van der Waals surface area (Å²) >= 11 is 6.13. The Balaban J connectivity index is 1.90. The van der Waals surface area contributed by atoms with Crippen molar-refractivity contribution in [2.45, 2.75) is 20.4 Å². The van der Waals surface area contributed by atoms with Crippen LogP contribution in [0.15, 0.2) is 71.7 Å². The highest BCUT2D eigenvalue weighted by molar-refractivity contribution is 6.30. The molecule has 0 spiro atoms. The van der Waals surface area contributed by atoms with E-state index in [1.54, 1.807) is 30.5 Å². The summed E-state index contributed by atoms with van der Waals surface area (Å²) in [6, 6.07) is 18.2. The van der Waals surface area contributed by atoms with Crippen LogP contribution in [0, 0.1) is 13.8 Å². The number of hydrogen-bond donors (Lipinski definition) is 0. The number of carbonyl (C=O) groups is 1. The van der Waals surface area contributed by atoms with Gasteiger partial charge in [0.25, 0.3) is 0 Å². The topological polar surface area (TPSA) is 52.0 Å². The zero-order valence-electron chi connectivity index (χ0n) is 16.1. The summed E-state index contributed by atoms with van der Waals surface area (Å²) in [7, 11) is 0. The first-order valence-electron chi connectivity index (χ1n) is 9.29. The van der Waals surface area contributed by atoms with Crippen molar-refractivity contribution in [3.05, 3.63) is 110 Å². The highest BCUT2D eigenvalue weighted by atomic mass is 35.5. The molecule has 0 bridgehead atoms. The molecule has 0 aliphatic rings. The van der Waals surface area contributed by atoms with Gasteiger partial charge in [0.1, 0.15) is 5.65 Å². The molecule has 0 radical (unpaired) electrons. The van der Waals surface area contributed by atoms with Crippen molar-refractivity contribution >= 4 is 28.4 Å². The van der Waals surface area contributed by atoms with Gasteiger partial charge in [0.2, 0.25) is 5.43 Å². The van der Waals surface area contributed by atoms with Crippen molar-refractivity contribution in [2.75, 3.05) is 0 Å². The van der Waals surface area contributed by atoms with Crippen molar-refractivity contribution in [1.29, 1.82) is 0 Å². The largest absolute Gasteiger partial charge is 0.327 e. The van der Waals surface area contributed by atoms with Crippen molar-refractivity contribution in [1.82, 2.24) is 9.55 Å². The molecule has 29 heavy (non-hydrogen) atoms. The van der Waals surface area contributed by atoms with Crippen LogP contribution in [0.5, 0.6) is 0 Å². The fourth-order valence-electron chi connectivity index (χ4n) is 3.33. The molecule has 4 rings (SSSR count). The number of pyridine rings is 2. The molecule has 0 fully saturated rings. The van der Waals surface area contributed by atoms with E-state index in [2.05, 4.69) is 4.98 Å². The molecule has 0 saturated carbocycles. The highest BCUT2D eigenvalue weighted by Crippen LogP contribution is 2.17. The van der Waals surface area contributed by atoms with E-state index in [0.717, 1.165) is 16.8 Å². The van der Waals surface area contributed by atoms with Crippen LogP contribution in [0.1, 0.15) is 32.7 Å². The number of fused-ring (bicyclic) bond motifs is 1. The van der Waals surface area contributed by atoms with Gasteiger partial charge in [-0.3, -0.25) is 9.59 Å². The molecule has 4 nitrogen and oxygen atoms in total. The van der Waals surface area contributed by atoms with Crippen LogP contribution < -0.4 is 5.43 Å². The van der Waals surface area contributed by atoms with Crippen molar-refractivity contribution in [3.63, 3.8) is 0 Å². The van der Waals surface area contributed by atoms with Gasteiger partial charge in [0.05, 0.1) is 10.9 Å². The summed E-state index contributed by atoms with van der Waals surface area (Å²) in [4.78, 5) is 30.7. The van der Waals surface area contributed by atoms with Gasteiger partial charge in [-0.1, -0.05) is 53.6 Å². The van der Waals surface area contributed by atoms with Crippen LogP contribution in [0.2, 0.25) is 5.02 Å². The van der Waals surface area contributed by atoms with E-state index in [0.29, 0.717) is 28.2 Å². The molecule has 0 saturated heterocycles. The number of hydrogen-bond acceptors (Lipinski definition) is 3. The van der Waals surface area contributed by atoms with Crippen molar-refractivity contribution in [3.8, 4) is 0 Å². The smallest absolute Gasteiger partial charge is 0.202 e. The second-order valence-corrected chi connectivity index (χ2v) is 7.59. The number of halogens is 1. The summed E-state index contributed by atoms with van der Waals surface area (Å²) in [6.07, 6.45) is 1.61. The molecular formula is C24H19ClN2O2. The maximum absolute atomic E-state index is 13.1. The molecule has 0 aliphatic heterocycles. The quantitative estimate of drug-likeness (QED) is 0.454. The zero-order chi connectivity index (χ0) is 20.5. The highest BCUT2D eigenvalue weighted by Gasteiger charge is 2.18. The fourth-order valence-corrected chi connectivity index (χ4v) is 3.55. The summed E-state index contributed by atoms with van der Waals surface area (Å²) in [5, 5.41) is 1.06. The summed E-state index contributed by atoms with van der Waals surface area (Å²) < 4.78 is 1.84. The Labute approximate surface area is 173 Å².